The van der Waals surface area contributed by atoms with Gasteiger partial charge < -0.3 is 8.98 Å². The molecular weight excluding hydrogens is 677 g/mol. The summed E-state index contributed by atoms with van der Waals surface area (Å²) in [5, 5.41) is 8.65. The first kappa shape index (κ1) is 29.7. The van der Waals surface area contributed by atoms with E-state index < -0.39 is 0 Å². The van der Waals surface area contributed by atoms with Crippen LogP contribution in [0.2, 0.25) is 0 Å². The molecule has 0 saturated heterocycles. The standard InChI is InChI=1S/C50H30N2OS/c1-2-11-34(12-3-1)52-45-30-32(23-27-40(45)48-41-15-5-8-19-46(41)53-50(48)52)31-21-25-35(26-22-31)51-43-18-7-4-13-37(43)42-29-33(24-28-44(42)51)36-16-10-17-39-38-14-6-9-20-47(38)54-49(36)39/h1-30H. The molecule has 0 aliphatic rings. The van der Waals surface area contributed by atoms with E-state index in [1.165, 1.54) is 64.1 Å². The maximum absolute atomic E-state index is 6.52. The van der Waals surface area contributed by atoms with Gasteiger partial charge in [0.1, 0.15) is 5.58 Å². The van der Waals surface area contributed by atoms with E-state index in [9.17, 15) is 0 Å². The largest absolute Gasteiger partial charge is 0.439 e. The van der Waals surface area contributed by atoms with Crippen molar-refractivity contribution in [2.75, 3.05) is 0 Å². The molecule has 0 unspecified atom stereocenters. The van der Waals surface area contributed by atoms with Crippen molar-refractivity contribution >= 4 is 86.3 Å². The van der Waals surface area contributed by atoms with Crippen LogP contribution in [0, 0.1) is 0 Å². The van der Waals surface area contributed by atoms with E-state index in [4.69, 9.17) is 4.42 Å². The maximum atomic E-state index is 6.52. The summed E-state index contributed by atoms with van der Waals surface area (Å²) in [5.41, 5.74) is 12.4. The van der Waals surface area contributed by atoms with Crippen LogP contribution < -0.4 is 0 Å². The molecule has 0 amide bonds. The van der Waals surface area contributed by atoms with Crippen LogP contribution in [0.25, 0.3) is 109 Å². The number of benzene rings is 8. The van der Waals surface area contributed by atoms with Gasteiger partial charge in [-0.15, -0.1) is 11.3 Å². The fraction of sp³-hybridized carbons (Fsp3) is 0. The molecule has 8 aromatic carbocycles. The minimum absolute atomic E-state index is 0.875. The van der Waals surface area contributed by atoms with Gasteiger partial charge in [0, 0.05) is 53.1 Å². The van der Waals surface area contributed by atoms with Crippen molar-refractivity contribution in [2.45, 2.75) is 0 Å². The Morgan fingerprint density at radius 1 is 0.389 bits per heavy atom. The van der Waals surface area contributed by atoms with Gasteiger partial charge in [0.2, 0.25) is 5.71 Å². The van der Waals surface area contributed by atoms with Crippen molar-refractivity contribution in [3.8, 4) is 33.6 Å². The number of aromatic nitrogens is 2. The average Bonchev–Trinajstić information content (AvgIpc) is 3.98. The lowest BCUT2D eigenvalue weighted by molar-refractivity contribution is 0.645. The van der Waals surface area contributed by atoms with Crippen LogP contribution in [0.4, 0.5) is 0 Å². The molecule has 54 heavy (non-hydrogen) atoms. The molecule has 0 aliphatic heterocycles. The number of hydrogen-bond donors (Lipinski definition) is 0. The monoisotopic (exact) mass is 706 g/mol. The zero-order valence-electron chi connectivity index (χ0n) is 29.0. The van der Waals surface area contributed by atoms with Crippen LogP contribution in [0.3, 0.4) is 0 Å². The lowest BCUT2D eigenvalue weighted by Crippen LogP contribution is -1.94. The van der Waals surface area contributed by atoms with Gasteiger partial charge in [-0.2, -0.15) is 0 Å². The molecule has 4 aromatic heterocycles. The van der Waals surface area contributed by atoms with Crippen LogP contribution in [-0.4, -0.2) is 9.13 Å². The molecule has 12 rings (SSSR count). The molecule has 0 N–H and O–H groups in total. The van der Waals surface area contributed by atoms with E-state index in [1.54, 1.807) is 0 Å². The summed E-state index contributed by atoms with van der Waals surface area (Å²) in [6.07, 6.45) is 0. The molecule has 0 spiro atoms. The van der Waals surface area contributed by atoms with E-state index in [2.05, 4.69) is 185 Å². The number of fused-ring (bicyclic) bond motifs is 11. The Morgan fingerprint density at radius 3 is 1.96 bits per heavy atom. The zero-order valence-corrected chi connectivity index (χ0v) is 29.8. The van der Waals surface area contributed by atoms with Crippen molar-refractivity contribution in [3.05, 3.63) is 182 Å². The summed E-state index contributed by atoms with van der Waals surface area (Å²) in [4.78, 5) is 0. The average molecular weight is 707 g/mol. The summed E-state index contributed by atoms with van der Waals surface area (Å²) >= 11 is 1.88. The van der Waals surface area contributed by atoms with Crippen molar-refractivity contribution in [1.82, 2.24) is 9.13 Å². The first-order valence-electron chi connectivity index (χ1n) is 18.3. The minimum atomic E-state index is 0.875. The maximum Gasteiger partial charge on any atom is 0.213 e. The Balaban J connectivity index is 0.985. The van der Waals surface area contributed by atoms with Gasteiger partial charge in [0.25, 0.3) is 0 Å². The van der Waals surface area contributed by atoms with Gasteiger partial charge in [-0.1, -0.05) is 121 Å². The second kappa shape index (κ2) is 11.3. The van der Waals surface area contributed by atoms with Gasteiger partial charge in [0.05, 0.1) is 21.9 Å². The van der Waals surface area contributed by atoms with Gasteiger partial charge in [-0.3, -0.25) is 4.57 Å². The smallest absolute Gasteiger partial charge is 0.213 e. The molecule has 3 nitrogen and oxygen atoms in total. The normalized spacial score (nSPS) is 12.1. The van der Waals surface area contributed by atoms with Gasteiger partial charge in [0.15, 0.2) is 0 Å². The van der Waals surface area contributed by atoms with Gasteiger partial charge in [-0.25, -0.2) is 0 Å². The second-order valence-corrected chi connectivity index (χ2v) is 15.1. The summed E-state index contributed by atoms with van der Waals surface area (Å²) in [6.45, 7) is 0. The predicted octanol–water partition coefficient (Wildman–Crippen LogP) is 14.3. The van der Waals surface area contributed by atoms with E-state index in [-0.39, 0.29) is 0 Å². The van der Waals surface area contributed by atoms with Crippen LogP contribution >= 0.6 is 11.3 Å². The molecule has 0 bridgehead atoms. The Morgan fingerprint density at radius 2 is 1.07 bits per heavy atom. The van der Waals surface area contributed by atoms with Crippen molar-refractivity contribution in [1.29, 1.82) is 0 Å². The number of hydrogen-bond acceptors (Lipinski definition) is 2. The molecular formula is C50H30N2OS. The number of para-hydroxylation sites is 3. The Hall–Kier alpha value is -6.88. The number of furan rings is 1. The molecule has 4 heterocycles. The highest BCUT2D eigenvalue weighted by Crippen LogP contribution is 2.43. The third kappa shape index (κ3) is 4.23. The summed E-state index contributed by atoms with van der Waals surface area (Å²) in [7, 11) is 0. The van der Waals surface area contributed by atoms with Crippen LogP contribution in [0.1, 0.15) is 0 Å². The molecule has 12 aromatic rings. The second-order valence-electron chi connectivity index (χ2n) is 14.1. The SMILES string of the molecule is c1ccc(-n2c3cc(-c4ccc(-n5c6ccccc6c6cc(-c7cccc8c7sc7ccccc78)ccc65)cc4)ccc3c3c4ccccc4oc32)cc1. The van der Waals surface area contributed by atoms with Crippen molar-refractivity contribution < 1.29 is 4.42 Å². The molecule has 4 heteroatoms. The summed E-state index contributed by atoms with van der Waals surface area (Å²) < 4.78 is 13.9. The lowest BCUT2D eigenvalue weighted by atomic mass is 10.0. The van der Waals surface area contributed by atoms with Gasteiger partial charge in [-0.05, 0) is 82.9 Å². The zero-order chi connectivity index (χ0) is 35.3. The van der Waals surface area contributed by atoms with Crippen molar-refractivity contribution in [2.24, 2.45) is 0 Å². The highest BCUT2D eigenvalue weighted by Gasteiger charge is 2.20. The topological polar surface area (TPSA) is 23.0 Å². The molecule has 252 valence electrons. The van der Waals surface area contributed by atoms with Crippen LogP contribution in [0.5, 0.6) is 0 Å². The first-order valence-corrected chi connectivity index (χ1v) is 19.2. The van der Waals surface area contributed by atoms with E-state index in [1.807, 2.05) is 17.4 Å². The van der Waals surface area contributed by atoms with Crippen LogP contribution in [0.15, 0.2) is 186 Å². The van der Waals surface area contributed by atoms with Gasteiger partial charge >= 0.3 is 0 Å². The van der Waals surface area contributed by atoms with E-state index in [0.717, 1.165) is 44.5 Å². The summed E-state index contributed by atoms with van der Waals surface area (Å²) in [6, 6.07) is 65.9. The first-order chi connectivity index (χ1) is 26.8. The van der Waals surface area contributed by atoms with Crippen molar-refractivity contribution in [3.63, 3.8) is 0 Å². The number of nitrogens with zero attached hydrogens (tertiary/aromatic N) is 2. The molecule has 0 fully saturated rings. The highest BCUT2D eigenvalue weighted by atomic mass is 32.1. The van der Waals surface area contributed by atoms with E-state index >= 15 is 0 Å². The molecule has 0 radical (unpaired) electrons. The Kier molecular flexibility index (Phi) is 6.21. The summed E-state index contributed by atoms with van der Waals surface area (Å²) in [5.74, 6) is 0. The van der Waals surface area contributed by atoms with Crippen LogP contribution in [-0.2, 0) is 0 Å². The third-order valence-corrected chi connectivity index (χ3v) is 12.4. The minimum Gasteiger partial charge on any atom is -0.439 e. The third-order valence-electron chi connectivity index (χ3n) is 11.1. The molecule has 0 aliphatic carbocycles. The fourth-order valence-electron chi connectivity index (χ4n) is 8.70. The quantitative estimate of drug-likeness (QED) is 0.179. The lowest BCUT2D eigenvalue weighted by Gasteiger charge is -2.11. The molecule has 0 saturated carbocycles. The number of thiophene rings is 1. The Labute approximate surface area is 314 Å². The molecule has 0 atom stereocenters. The Bertz CT molecular complexity index is 3430. The fourth-order valence-corrected chi connectivity index (χ4v) is 9.94. The predicted molar refractivity (Wildman–Crippen MR) is 229 cm³/mol. The van der Waals surface area contributed by atoms with E-state index in [0.29, 0.717) is 0 Å². The highest BCUT2D eigenvalue weighted by molar-refractivity contribution is 7.26. The number of rotatable bonds is 4.